The topological polar surface area (TPSA) is 60.3 Å². The van der Waals surface area contributed by atoms with Crippen molar-refractivity contribution in [3.63, 3.8) is 0 Å². The number of fused-ring (bicyclic) bond motifs is 1. The van der Waals surface area contributed by atoms with Crippen LogP contribution in [0.25, 0.3) is 11.0 Å². The number of benzene rings is 1. The Hall–Kier alpha value is -3.33. The maximum atomic E-state index is 12.6. The summed E-state index contributed by atoms with van der Waals surface area (Å²) >= 11 is 0. The second-order valence-electron chi connectivity index (χ2n) is 8.89. The van der Waals surface area contributed by atoms with Crippen LogP contribution in [0.2, 0.25) is 0 Å². The first-order valence-electron chi connectivity index (χ1n) is 11.2. The van der Waals surface area contributed by atoms with Crippen LogP contribution in [0, 0.1) is 24.2 Å². The first-order valence-corrected chi connectivity index (χ1v) is 11.2. The van der Waals surface area contributed by atoms with Crippen LogP contribution in [0.4, 0.5) is 10.5 Å². The van der Waals surface area contributed by atoms with E-state index in [1.54, 1.807) is 11.1 Å². The molecule has 1 fully saturated rings. The van der Waals surface area contributed by atoms with E-state index in [0.717, 1.165) is 60.2 Å². The van der Waals surface area contributed by atoms with Gasteiger partial charge >= 0.3 is 6.09 Å². The third kappa shape index (κ3) is 4.94. The number of hydrogen-bond acceptors (Lipinski definition) is 4. The number of carbonyl (C=O) groups is 1. The minimum absolute atomic E-state index is 0.0704. The lowest BCUT2D eigenvalue weighted by atomic mass is 9.80. The van der Waals surface area contributed by atoms with E-state index < -0.39 is 0 Å². The molecule has 0 N–H and O–H groups in total. The van der Waals surface area contributed by atoms with Gasteiger partial charge in [0.2, 0.25) is 0 Å². The zero-order chi connectivity index (χ0) is 22.6. The summed E-state index contributed by atoms with van der Waals surface area (Å²) in [7, 11) is 0. The largest absolute Gasteiger partial charge is 0.449 e. The fraction of sp³-hybridized carbons (Fsp3) is 0.423. The highest BCUT2D eigenvalue weighted by atomic mass is 16.6. The monoisotopic (exact) mass is 430 g/mol. The summed E-state index contributed by atoms with van der Waals surface area (Å²) < 4.78 is 7.83. The average Bonchev–Trinajstić information content (AvgIpc) is 3.17. The highest BCUT2D eigenvalue weighted by Gasteiger charge is 2.28. The van der Waals surface area contributed by atoms with Crippen molar-refractivity contribution in [3.05, 3.63) is 54.1 Å². The van der Waals surface area contributed by atoms with Gasteiger partial charge < -0.3 is 9.30 Å². The number of carbonyl (C=O) groups excluding carboxylic acids is 1. The summed E-state index contributed by atoms with van der Waals surface area (Å²) in [4.78, 5) is 23.3. The lowest BCUT2D eigenvalue weighted by Gasteiger charge is -2.33. The van der Waals surface area contributed by atoms with Crippen molar-refractivity contribution in [3.8, 4) is 11.8 Å². The lowest BCUT2D eigenvalue weighted by Crippen LogP contribution is -2.35. The van der Waals surface area contributed by atoms with Gasteiger partial charge in [0.1, 0.15) is 0 Å². The maximum Gasteiger partial charge on any atom is 0.414 e. The molecule has 1 atom stereocenters. The molecule has 1 aromatic carbocycles. The minimum Gasteiger partial charge on any atom is -0.449 e. The van der Waals surface area contributed by atoms with Crippen LogP contribution in [-0.4, -0.2) is 33.8 Å². The van der Waals surface area contributed by atoms with Gasteiger partial charge in [0.05, 0.1) is 35.9 Å². The van der Waals surface area contributed by atoms with Gasteiger partial charge in [-0.05, 0) is 75.3 Å². The molecule has 1 unspecified atom stereocenters. The van der Waals surface area contributed by atoms with E-state index in [9.17, 15) is 4.79 Å². The van der Waals surface area contributed by atoms with Crippen molar-refractivity contribution >= 4 is 22.8 Å². The Labute approximate surface area is 189 Å². The summed E-state index contributed by atoms with van der Waals surface area (Å²) in [6.45, 7) is 8.02. The molecule has 3 heterocycles. The summed E-state index contributed by atoms with van der Waals surface area (Å²) in [5.74, 6) is 6.11. The van der Waals surface area contributed by atoms with Gasteiger partial charge in [0.15, 0.2) is 0 Å². The number of ether oxygens (including phenoxy) is 1. The average molecular weight is 431 g/mol. The van der Waals surface area contributed by atoms with Gasteiger partial charge in [-0.15, -0.1) is 5.92 Å². The number of imidazole rings is 1. The first kappa shape index (κ1) is 21.9. The third-order valence-electron chi connectivity index (χ3n) is 6.18. The molecular weight excluding hydrogens is 400 g/mol. The molecule has 166 valence electrons. The fourth-order valence-electron chi connectivity index (χ4n) is 4.44. The SMILES string of the molecule is CC#Cc1ccc2ncn(CC3(C)CCCOC(=O)N(c4ccc(C)nc4)CCC3)c2c1. The highest BCUT2D eigenvalue weighted by Crippen LogP contribution is 2.34. The number of pyridine rings is 1. The molecule has 6 nitrogen and oxygen atoms in total. The van der Waals surface area contributed by atoms with E-state index in [4.69, 9.17) is 4.74 Å². The van der Waals surface area contributed by atoms with Crippen molar-refractivity contribution in [1.82, 2.24) is 14.5 Å². The normalized spacial score (nSPS) is 19.8. The molecule has 0 saturated carbocycles. The lowest BCUT2D eigenvalue weighted by molar-refractivity contribution is 0.132. The summed E-state index contributed by atoms with van der Waals surface area (Å²) in [5, 5.41) is 0. The molecule has 0 bridgehead atoms. The Kier molecular flexibility index (Phi) is 6.45. The maximum absolute atomic E-state index is 12.6. The van der Waals surface area contributed by atoms with Crippen LogP contribution in [0.3, 0.4) is 0 Å². The molecule has 0 aliphatic carbocycles. The smallest absolute Gasteiger partial charge is 0.414 e. The van der Waals surface area contributed by atoms with Crippen LogP contribution < -0.4 is 4.90 Å². The van der Waals surface area contributed by atoms with E-state index in [1.165, 1.54) is 0 Å². The van der Waals surface area contributed by atoms with Crippen LogP contribution >= 0.6 is 0 Å². The van der Waals surface area contributed by atoms with Crippen LogP contribution in [0.5, 0.6) is 0 Å². The number of rotatable bonds is 3. The zero-order valence-electron chi connectivity index (χ0n) is 19.1. The molecule has 0 spiro atoms. The molecule has 1 saturated heterocycles. The van der Waals surface area contributed by atoms with Crippen LogP contribution in [0.15, 0.2) is 42.9 Å². The molecule has 4 rings (SSSR count). The van der Waals surface area contributed by atoms with E-state index in [-0.39, 0.29) is 11.5 Å². The van der Waals surface area contributed by atoms with Gasteiger partial charge in [0.25, 0.3) is 0 Å². The molecule has 0 radical (unpaired) electrons. The van der Waals surface area contributed by atoms with E-state index >= 15 is 0 Å². The fourth-order valence-corrected chi connectivity index (χ4v) is 4.44. The van der Waals surface area contributed by atoms with Gasteiger partial charge in [-0.25, -0.2) is 9.78 Å². The number of aromatic nitrogens is 3. The molecule has 1 aliphatic rings. The Morgan fingerprint density at radius 1 is 1.16 bits per heavy atom. The summed E-state index contributed by atoms with van der Waals surface area (Å²) in [5.41, 5.74) is 4.89. The second-order valence-corrected chi connectivity index (χ2v) is 8.89. The molecule has 3 aromatic rings. The highest BCUT2D eigenvalue weighted by molar-refractivity contribution is 5.87. The van der Waals surface area contributed by atoms with E-state index in [1.807, 2.05) is 44.4 Å². The molecule has 32 heavy (non-hydrogen) atoms. The molecule has 6 heteroatoms. The molecule has 2 aromatic heterocycles. The number of aryl methyl sites for hydroxylation is 1. The van der Waals surface area contributed by atoms with Crippen LogP contribution in [-0.2, 0) is 11.3 Å². The predicted octanol–water partition coefficient (Wildman–Crippen LogP) is 5.33. The number of cyclic esters (lactones) is 1. The Balaban J connectivity index is 1.53. The summed E-state index contributed by atoms with van der Waals surface area (Å²) in [6.07, 6.45) is 7.10. The number of hydrogen-bond donors (Lipinski definition) is 0. The standard InChI is InChI=1S/C26H30N4O2/c1-4-7-21-9-11-23-24(16-21)29(19-28-23)18-26(3)12-5-14-30(25(31)32-15-6-13-26)22-10-8-20(2)27-17-22/h8-11,16-17,19H,5-6,12-15,18H2,1-3H3. The second kappa shape index (κ2) is 9.44. The van der Waals surface area contributed by atoms with Crippen LogP contribution in [0.1, 0.15) is 50.8 Å². The predicted molar refractivity (Wildman–Crippen MR) is 127 cm³/mol. The molecule has 1 aliphatic heterocycles. The number of nitrogens with zero attached hydrogens (tertiary/aromatic N) is 4. The van der Waals surface area contributed by atoms with Gasteiger partial charge in [-0.2, -0.15) is 0 Å². The van der Waals surface area contributed by atoms with Gasteiger partial charge in [0, 0.05) is 24.3 Å². The van der Waals surface area contributed by atoms with Gasteiger partial charge in [-0.1, -0.05) is 12.8 Å². The Morgan fingerprint density at radius 2 is 2.00 bits per heavy atom. The number of anilines is 1. The third-order valence-corrected chi connectivity index (χ3v) is 6.18. The molecular formula is C26H30N4O2. The molecule has 1 amide bonds. The van der Waals surface area contributed by atoms with E-state index in [2.05, 4.69) is 39.4 Å². The Bertz CT molecular complexity index is 1160. The summed E-state index contributed by atoms with van der Waals surface area (Å²) in [6, 6.07) is 10.0. The van der Waals surface area contributed by atoms with E-state index in [0.29, 0.717) is 13.2 Å². The quantitative estimate of drug-likeness (QED) is 0.527. The zero-order valence-corrected chi connectivity index (χ0v) is 19.1. The van der Waals surface area contributed by atoms with Gasteiger partial charge in [-0.3, -0.25) is 9.88 Å². The van der Waals surface area contributed by atoms with Crippen molar-refractivity contribution in [2.75, 3.05) is 18.1 Å². The first-order chi connectivity index (χ1) is 15.5. The minimum atomic E-state index is -0.288. The van der Waals surface area contributed by atoms with Crippen molar-refractivity contribution in [2.45, 2.75) is 53.0 Å². The van der Waals surface area contributed by atoms with Crippen molar-refractivity contribution < 1.29 is 9.53 Å². The number of amides is 1. The Morgan fingerprint density at radius 3 is 2.78 bits per heavy atom. The van der Waals surface area contributed by atoms with Crippen molar-refractivity contribution in [2.24, 2.45) is 5.41 Å². The van der Waals surface area contributed by atoms with Crippen molar-refractivity contribution in [1.29, 1.82) is 0 Å².